The van der Waals surface area contributed by atoms with E-state index in [9.17, 15) is 18.0 Å². The number of alkyl halides is 2. The number of rotatable bonds is 6. The van der Waals surface area contributed by atoms with Crippen LogP contribution < -0.4 is 10.1 Å². The van der Waals surface area contributed by atoms with E-state index in [1.54, 1.807) is 0 Å². The molecule has 0 saturated heterocycles. The zero-order valence-corrected chi connectivity index (χ0v) is 18.9. The van der Waals surface area contributed by atoms with E-state index in [0.717, 1.165) is 6.42 Å². The summed E-state index contributed by atoms with van der Waals surface area (Å²) in [5.41, 5.74) is 1.14. The largest absolute Gasteiger partial charge is 0.434 e. The first kappa shape index (κ1) is 23.3. The summed E-state index contributed by atoms with van der Waals surface area (Å²) < 4.78 is 49.6. The molecule has 4 rings (SSSR count). The molecule has 0 unspecified atom stereocenters. The van der Waals surface area contributed by atoms with Gasteiger partial charge in [0.2, 0.25) is 0 Å². The van der Waals surface area contributed by atoms with Crippen molar-refractivity contribution in [2.24, 2.45) is 0 Å². The molecule has 0 fully saturated rings. The van der Waals surface area contributed by atoms with Crippen molar-refractivity contribution in [3.63, 3.8) is 0 Å². The smallest absolute Gasteiger partial charge is 0.290 e. The molecule has 5 nitrogen and oxygen atoms in total. The van der Waals surface area contributed by atoms with Gasteiger partial charge in [0.25, 0.3) is 17.7 Å². The Kier molecular flexibility index (Phi) is 6.50. The zero-order chi connectivity index (χ0) is 23.8. The summed E-state index contributed by atoms with van der Waals surface area (Å²) in [5.74, 6) is -5.54. The summed E-state index contributed by atoms with van der Waals surface area (Å²) in [6, 6.07) is 8.15. The van der Waals surface area contributed by atoms with E-state index in [0.29, 0.717) is 34.7 Å². The fraction of sp³-hybridized carbons (Fsp3) is 0.261. The highest BCUT2D eigenvalue weighted by molar-refractivity contribution is 6.31. The molecule has 1 amide bonds. The number of nitrogens with zero attached hydrogens (tertiary/aromatic N) is 2. The molecule has 33 heavy (non-hydrogen) atoms. The highest BCUT2D eigenvalue weighted by Gasteiger charge is 2.35. The zero-order valence-electron chi connectivity index (χ0n) is 17.4. The van der Waals surface area contributed by atoms with Gasteiger partial charge in [-0.1, -0.05) is 35.3 Å². The van der Waals surface area contributed by atoms with Crippen molar-refractivity contribution in [3.05, 3.63) is 80.2 Å². The normalized spacial score (nSPS) is 13.0. The molecule has 1 aliphatic rings. The lowest BCUT2D eigenvalue weighted by molar-refractivity contribution is -0.00310. The second kappa shape index (κ2) is 9.19. The number of ether oxygens (including phenoxy) is 1. The Bertz CT molecular complexity index is 1240. The van der Waals surface area contributed by atoms with Gasteiger partial charge in [0.05, 0.1) is 17.3 Å². The van der Waals surface area contributed by atoms with Crippen molar-refractivity contribution in [1.82, 2.24) is 15.5 Å². The van der Waals surface area contributed by atoms with Gasteiger partial charge in [-0.15, -0.1) is 5.10 Å². The number of hydrogen-bond acceptors (Lipinski definition) is 4. The molecule has 1 aromatic heterocycles. The fourth-order valence-electron chi connectivity index (χ4n) is 3.78. The van der Waals surface area contributed by atoms with Crippen LogP contribution in [0.3, 0.4) is 0 Å². The minimum atomic E-state index is -3.35. The summed E-state index contributed by atoms with van der Waals surface area (Å²) in [4.78, 5) is 13.1. The second-order valence-electron chi connectivity index (χ2n) is 7.66. The first-order chi connectivity index (χ1) is 15.7. The minimum Gasteiger partial charge on any atom is -0.434 e. The highest BCUT2D eigenvalue weighted by Crippen LogP contribution is 2.35. The Hall–Kier alpha value is -2.84. The van der Waals surface area contributed by atoms with Gasteiger partial charge in [-0.25, -0.2) is 4.39 Å². The van der Waals surface area contributed by atoms with Gasteiger partial charge in [0.1, 0.15) is 5.56 Å². The Morgan fingerprint density at radius 2 is 1.97 bits per heavy atom. The Morgan fingerprint density at radius 3 is 2.73 bits per heavy atom. The van der Waals surface area contributed by atoms with E-state index in [1.807, 2.05) is 0 Å². The minimum absolute atomic E-state index is 0.0412. The molecule has 0 bridgehead atoms. The number of carbonyl (C=O) groups excluding carboxylic acids is 1. The predicted molar refractivity (Wildman–Crippen MR) is 118 cm³/mol. The highest BCUT2D eigenvalue weighted by atomic mass is 35.5. The van der Waals surface area contributed by atoms with Gasteiger partial charge in [-0.05, 0) is 61.6 Å². The number of amides is 1. The van der Waals surface area contributed by atoms with E-state index >= 15 is 0 Å². The predicted octanol–water partition coefficient (Wildman–Crippen LogP) is 6.03. The van der Waals surface area contributed by atoms with Gasteiger partial charge in [-0.2, -0.15) is 13.9 Å². The number of halogens is 5. The SMILES string of the molecule is Cc1cc(Cl)ccc1C(F)(F)CNC(=O)c1c(Oc2cccc(Cl)c2F)nnc2c1CCC2. The number of benzene rings is 2. The monoisotopic (exact) mass is 495 g/mol. The van der Waals surface area contributed by atoms with E-state index < -0.39 is 24.2 Å². The molecule has 10 heteroatoms. The van der Waals surface area contributed by atoms with Crippen LogP contribution in [-0.2, 0) is 18.8 Å². The maximum Gasteiger partial charge on any atom is 0.290 e. The lowest BCUT2D eigenvalue weighted by atomic mass is 10.0. The molecule has 0 saturated carbocycles. The van der Waals surface area contributed by atoms with Crippen molar-refractivity contribution in [2.75, 3.05) is 6.54 Å². The lowest BCUT2D eigenvalue weighted by Gasteiger charge is -2.20. The van der Waals surface area contributed by atoms with Gasteiger partial charge in [0.15, 0.2) is 11.6 Å². The van der Waals surface area contributed by atoms with Crippen LogP contribution in [-0.4, -0.2) is 22.6 Å². The van der Waals surface area contributed by atoms with Crippen molar-refractivity contribution in [1.29, 1.82) is 0 Å². The van der Waals surface area contributed by atoms with Gasteiger partial charge < -0.3 is 10.1 Å². The van der Waals surface area contributed by atoms with Crippen molar-refractivity contribution in [2.45, 2.75) is 32.1 Å². The molecule has 0 spiro atoms. The van der Waals surface area contributed by atoms with Crippen LogP contribution in [0.25, 0.3) is 0 Å². The quantitative estimate of drug-likeness (QED) is 0.453. The molecule has 2 aromatic carbocycles. The maximum atomic E-state index is 14.9. The first-order valence-corrected chi connectivity index (χ1v) is 10.9. The Labute approximate surface area is 197 Å². The molecular formula is C23H18Cl2F3N3O2. The molecule has 0 atom stereocenters. The number of nitrogens with one attached hydrogen (secondary N) is 1. The third-order valence-corrected chi connectivity index (χ3v) is 5.90. The summed E-state index contributed by atoms with van der Waals surface area (Å²) in [7, 11) is 0. The van der Waals surface area contributed by atoms with Crippen LogP contribution in [0.5, 0.6) is 11.6 Å². The van der Waals surface area contributed by atoms with E-state index in [-0.39, 0.29) is 27.8 Å². The molecule has 1 aliphatic carbocycles. The topological polar surface area (TPSA) is 64.1 Å². The third-order valence-electron chi connectivity index (χ3n) is 5.37. The average Bonchev–Trinajstić information content (AvgIpc) is 3.23. The lowest BCUT2D eigenvalue weighted by Crippen LogP contribution is -2.36. The van der Waals surface area contributed by atoms with Crippen LogP contribution in [0.1, 0.15) is 39.2 Å². The number of aromatic nitrogens is 2. The Morgan fingerprint density at radius 1 is 1.18 bits per heavy atom. The van der Waals surface area contributed by atoms with Crippen LogP contribution in [0, 0.1) is 12.7 Å². The third kappa shape index (κ3) is 4.77. The number of fused-ring (bicyclic) bond motifs is 1. The molecule has 1 N–H and O–H groups in total. The van der Waals surface area contributed by atoms with Gasteiger partial charge >= 0.3 is 0 Å². The second-order valence-corrected chi connectivity index (χ2v) is 8.50. The molecule has 0 radical (unpaired) electrons. The molecule has 1 heterocycles. The molecule has 3 aromatic rings. The van der Waals surface area contributed by atoms with E-state index in [4.69, 9.17) is 27.9 Å². The van der Waals surface area contributed by atoms with Crippen LogP contribution in [0.2, 0.25) is 10.0 Å². The van der Waals surface area contributed by atoms with E-state index in [1.165, 1.54) is 43.3 Å². The Balaban J connectivity index is 1.63. The first-order valence-electron chi connectivity index (χ1n) is 10.1. The maximum absolute atomic E-state index is 14.9. The standard InChI is InChI=1S/C23H18Cl2F3N3O2/c1-12-10-13(24)8-9-15(12)23(27,28)11-29-21(32)19-14-4-2-6-17(14)30-31-22(19)33-18-7-3-5-16(25)20(18)26/h3,5,7-10H,2,4,6,11H2,1H3,(H,29,32). The average molecular weight is 496 g/mol. The van der Waals surface area contributed by atoms with Crippen LogP contribution in [0.4, 0.5) is 13.2 Å². The summed E-state index contributed by atoms with van der Waals surface area (Å²) in [6.07, 6.45) is 1.81. The van der Waals surface area contributed by atoms with Crippen molar-refractivity contribution in [3.8, 4) is 11.6 Å². The van der Waals surface area contributed by atoms with Crippen LogP contribution >= 0.6 is 23.2 Å². The van der Waals surface area contributed by atoms with E-state index in [2.05, 4.69) is 15.5 Å². The summed E-state index contributed by atoms with van der Waals surface area (Å²) in [5, 5.41) is 10.4. The number of aryl methyl sites for hydroxylation is 2. The van der Waals surface area contributed by atoms with Gasteiger partial charge in [-0.3, -0.25) is 4.79 Å². The summed E-state index contributed by atoms with van der Waals surface area (Å²) in [6.45, 7) is 0.554. The number of carbonyl (C=O) groups is 1. The van der Waals surface area contributed by atoms with Crippen LogP contribution in [0.15, 0.2) is 36.4 Å². The van der Waals surface area contributed by atoms with Crippen molar-refractivity contribution >= 4 is 29.1 Å². The molecule has 172 valence electrons. The van der Waals surface area contributed by atoms with Gasteiger partial charge in [0, 0.05) is 10.6 Å². The summed E-state index contributed by atoms with van der Waals surface area (Å²) >= 11 is 11.7. The number of hydrogen-bond donors (Lipinski definition) is 1. The molecule has 0 aliphatic heterocycles. The fourth-order valence-corrected chi connectivity index (χ4v) is 4.17. The molecular weight excluding hydrogens is 478 g/mol. The van der Waals surface area contributed by atoms with Crippen molar-refractivity contribution < 1.29 is 22.7 Å².